The summed E-state index contributed by atoms with van der Waals surface area (Å²) in [6, 6.07) is 17.2. The first-order valence-electron chi connectivity index (χ1n) is 12.0. The molecule has 1 fully saturated rings. The lowest BCUT2D eigenvalue weighted by Gasteiger charge is -2.26. The Labute approximate surface area is 223 Å². The third kappa shape index (κ3) is 5.20. The molecule has 10 nitrogen and oxygen atoms in total. The molecular formula is C26H26N4O6S2. The zero-order valence-corrected chi connectivity index (χ0v) is 22.4. The van der Waals surface area contributed by atoms with Crippen LogP contribution in [-0.2, 0) is 24.3 Å². The van der Waals surface area contributed by atoms with Crippen LogP contribution in [0.3, 0.4) is 0 Å². The van der Waals surface area contributed by atoms with Gasteiger partial charge in [-0.3, -0.25) is 4.79 Å². The summed E-state index contributed by atoms with van der Waals surface area (Å²) in [5.74, 6) is -1.14. The van der Waals surface area contributed by atoms with Crippen molar-refractivity contribution in [2.75, 3.05) is 31.6 Å². The summed E-state index contributed by atoms with van der Waals surface area (Å²) in [6.45, 7) is 4.67. The molecule has 1 aliphatic heterocycles. The number of aromatic nitrogens is 2. The molecule has 5 rings (SSSR count). The topological polar surface area (TPSA) is 120 Å². The summed E-state index contributed by atoms with van der Waals surface area (Å²) in [4.78, 5) is 26.8. The molecule has 0 aliphatic carbocycles. The number of hydrogen-bond donors (Lipinski definition) is 1. The summed E-state index contributed by atoms with van der Waals surface area (Å²) in [5.41, 5.74) is 2.05. The Morgan fingerprint density at radius 2 is 1.76 bits per heavy atom. The average molecular weight is 555 g/mol. The normalized spacial score (nSPS) is 15.3. The van der Waals surface area contributed by atoms with E-state index in [1.165, 1.54) is 46.8 Å². The number of ether oxygens (including phenoxy) is 2. The second kappa shape index (κ2) is 10.7. The highest BCUT2D eigenvalue weighted by Gasteiger charge is 2.27. The van der Waals surface area contributed by atoms with Crippen LogP contribution in [0, 0.1) is 6.92 Å². The van der Waals surface area contributed by atoms with Crippen LogP contribution >= 0.6 is 11.3 Å². The number of hydrogen-bond acceptors (Lipinski definition) is 8. The van der Waals surface area contributed by atoms with E-state index in [-0.39, 0.29) is 4.90 Å². The zero-order chi connectivity index (χ0) is 26.9. The van der Waals surface area contributed by atoms with E-state index in [9.17, 15) is 18.0 Å². The molecule has 3 heterocycles. The van der Waals surface area contributed by atoms with Crippen LogP contribution in [-0.4, -0.2) is 66.8 Å². The Morgan fingerprint density at radius 1 is 1.08 bits per heavy atom. The van der Waals surface area contributed by atoms with E-state index in [1.54, 1.807) is 10.7 Å². The van der Waals surface area contributed by atoms with Crippen molar-refractivity contribution in [1.29, 1.82) is 0 Å². The summed E-state index contributed by atoms with van der Waals surface area (Å²) < 4.78 is 39.4. The number of rotatable bonds is 7. The number of carbonyl (C=O) groups is 2. The highest BCUT2D eigenvalue weighted by molar-refractivity contribution is 7.89. The lowest BCUT2D eigenvalue weighted by molar-refractivity contribution is -0.123. The smallest absolute Gasteiger partial charge is 0.349 e. The molecule has 0 radical (unpaired) electrons. The molecule has 1 amide bonds. The van der Waals surface area contributed by atoms with E-state index in [2.05, 4.69) is 10.4 Å². The van der Waals surface area contributed by atoms with E-state index in [1.807, 2.05) is 37.3 Å². The number of sulfonamides is 1. The molecule has 0 saturated carbocycles. The fraction of sp³-hybridized carbons (Fsp3) is 0.269. The third-order valence-corrected chi connectivity index (χ3v) is 9.13. The van der Waals surface area contributed by atoms with Gasteiger partial charge in [0.2, 0.25) is 10.0 Å². The van der Waals surface area contributed by atoms with E-state index in [4.69, 9.17) is 9.47 Å². The second-order valence-corrected chi connectivity index (χ2v) is 11.7. The van der Waals surface area contributed by atoms with Gasteiger partial charge in [0, 0.05) is 24.2 Å². The summed E-state index contributed by atoms with van der Waals surface area (Å²) in [6.07, 6.45) is -1.07. The maximum atomic E-state index is 12.8. The Morgan fingerprint density at radius 3 is 2.45 bits per heavy atom. The van der Waals surface area contributed by atoms with Gasteiger partial charge in [-0.1, -0.05) is 18.2 Å². The van der Waals surface area contributed by atoms with Crippen LogP contribution in [0.1, 0.15) is 22.3 Å². The number of thiophene rings is 1. The Hall–Kier alpha value is -3.58. The lowest BCUT2D eigenvalue weighted by Crippen LogP contribution is -2.40. The molecule has 0 spiro atoms. The Bertz CT molecular complexity index is 1570. The van der Waals surface area contributed by atoms with Crippen molar-refractivity contribution < 1.29 is 27.5 Å². The number of aryl methyl sites for hydroxylation is 1. The van der Waals surface area contributed by atoms with Crippen molar-refractivity contribution in [3.63, 3.8) is 0 Å². The van der Waals surface area contributed by atoms with Crippen LogP contribution < -0.4 is 5.32 Å². The molecule has 1 aliphatic rings. The van der Waals surface area contributed by atoms with E-state index < -0.39 is 28.0 Å². The highest BCUT2D eigenvalue weighted by atomic mass is 32.2. The first-order valence-corrected chi connectivity index (χ1v) is 14.2. The quantitative estimate of drug-likeness (QED) is 0.347. The minimum Gasteiger partial charge on any atom is -0.448 e. The van der Waals surface area contributed by atoms with Crippen molar-refractivity contribution in [3.8, 4) is 5.69 Å². The van der Waals surface area contributed by atoms with Gasteiger partial charge >= 0.3 is 5.97 Å². The zero-order valence-electron chi connectivity index (χ0n) is 20.8. The number of anilines is 1. The van der Waals surface area contributed by atoms with E-state index >= 15 is 0 Å². The number of amides is 1. The van der Waals surface area contributed by atoms with Crippen molar-refractivity contribution >= 4 is 49.1 Å². The number of benzene rings is 2. The van der Waals surface area contributed by atoms with Gasteiger partial charge in [-0.25, -0.2) is 17.9 Å². The van der Waals surface area contributed by atoms with Crippen LogP contribution in [0.15, 0.2) is 65.6 Å². The van der Waals surface area contributed by atoms with Gasteiger partial charge in [-0.2, -0.15) is 9.40 Å². The molecule has 38 heavy (non-hydrogen) atoms. The molecule has 1 N–H and O–H groups in total. The van der Waals surface area contributed by atoms with Gasteiger partial charge in [0.1, 0.15) is 9.71 Å². The van der Waals surface area contributed by atoms with Gasteiger partial charge in [-0.15, -0.1) is 11.3 Å². The molecule has 0 bridgehead atoms. The van der Waals surface area contributed by atoms with E-state index in [0.717, 1.165) is 21.6 Å². The molecule has 198 valence electrons. The first kappa shape index (κ1) is 26.0. The molecular weight excluding hydrogens is 528 g/mol. The first-order chi connectivity index (χ1) is 18.2. The second-order valence-electron chi connectivity index (χ2n) is 8.74. The van der Waals surface area contributed by atoms with Crippen molar-refractivity contribution in [2.24, 2.45) is 0 Å². The third-order valence-electron chi connectivity index (χ3n) is 6.13. The maximum Gasteiger partial charge on any atom is 0.349 e. The average Bonchev–Trinajstić information content (AvgIpc) is 3.50. The van der Waals surface area contributed by atoms with Gasteiger partial charge in [0.05, 0.1) is 29.5 Å². The standard InChI is InChI=1S/C26H26N4O6S2/c1-17-22-16-23(37-25(22)30(28-17)20-6-4-3-5-7-20)26(32)36-18(2)24(31)27-19-8-10-21(11-9-19)38(33,34)29-12-14-35-15-13-29/h3-11,16,18H,12-15H2,1-2H3,(H,27,31). The largest absolute Gasteiger partial charge is 0.448 e. The fourth-order valence-electron chi connectivity index (χ4n) is 4.05. The van der Waals surface area contributed by atoms with Crippen LogP contribution in [0.5, 0.6) is 0 Å². The maximum absolute atomic E-state index is 12.8. The van der Waals surface area contributed by atoms with Crippen LogP contribution in [0.25, 0.3) is 15.9 Å². The molecule has 1 unspecified atom stereocenters. The van der Waals surface area contributed by atoms with Gasteiger partial charge in [-0.05, 0) is 56.3 Å². The minimum atomic E-state index is -3.63. The minimum absolute atomic E-state index is 0.131. The fourth-order valence-corrected chi connectivity index (χ4v) is 6.53. The number of nitrogens with one attached hydrogen (secondary N) is 1. The predicted molar refractivity (Wildman–Crippen MR) is 143 cm³/mol. The number of carbonyl (C=O) groups excluding carboxylic acids is 2. The molecule has 1 atom stereocenters. The van der Waals surface area contributed by atoms with Gasteiger partial charge in [0.25, 0.3) is 5.91 Å². The number of para-hydroxylation sites is 1. The summed E-state index contributed by atoms with van der Waals surface area (Å²) in [5, 5.41) is 8.07. The number of morpholine rings is 1. The summed E-state index contributed by atoms with van der Waals surface area (Å²) >= 11 is 1.25. The molecule has 1 saturated heterocycles. The Kier molecular flexibility index (Phi) is 7.30. The molecule has 2 aromatic carbocycles. The van der Waals surface area contributed by atoms with E-state index in [0.29, 0.717) is 36.9 Å². The van der Waals surface area contributed by atoms with Gasteiger partial charge < -0.3 is 14.8 Å². The van der Waals surface area contributed by atoms with Crippen molar-refractivity contribution in [2.45, 2.75) is 24.8 Å². The van der Waals surface area contributed by atoms with Crippen molar-refractivity contribution in [3.05, 3.63) is 71.2 Å². The number of esters is 1. The number of fused-ring (bicyclic) bond motifs is 1. The van der Waals surface area contributed by atoms with Crippen LogP contribution in [0.2, 0.25) is 0 Å². The number of nitrogens with zero attached hydrogens (tertiary/aromatic N) is 3. The summed E-state index contributed by atoms with van der Waals surface area (Å²) in [7, 11) is -3.63. The van der Waals surface area contributed by atoms with Gasteiger partial charge in [0.15, 0.2) is 6.10 Å². The predicted octanol–water partition coefficient (Wildman–Crippen LogP) is 3.60. The Balaban J connectivity index is 1.24. The molecule has 12 heteroatoms. The lowest BCUT2D eigenvalue weighted by atomic mass is 10.3. The SMILES string of the molecule is Cc1nn(-c2ccccc2)c2sc(C(=O)OC(C)C(=O)Nc3ccc(S(=O)(=O)N4CCOCC4)cc3)cc12. The monoisotopic (exact) mass is 554 g/mol. The molecule has 2 aromatic heterocycles. The molecule has 4 aromatic rings. The highest BCUT2D eigenvalue weighted by Crippen LogP contribution is 2.31. The van der Waals surface area contributed by atoms with Crippen molar-refractivity contribution in [1.82, 2.24) is 14.1 Å². The van der Waals surface area contributed by atoms with Crippen LogP contribution in [0.4, 0.5) is 5.69 Å².